The average Bonchev–Trinajstić information content (AvgIpc) is 2.38. The highest BCUT2D eigenvalue weighted by Gasteiger charge is 2.38. The molecule has 5 heteroatoms. The normalized spacial score (nSPS) is 24.9. The summed E-state index contributed by atoms with van der Waals surface area (Å²) < 4.78 is 5.30. The number of nitrogens with two attached hydrogens (primary N) is 2. The van der Waals surface area contributed by atoms with Gasteiger partial charge in [0.1, 0.15) is 11.8 Å². The lowest BCUT2D eigenvalue weighted by atomic mass is 9.72. The van der Waals surface area contributed by atoms with E-state index in [9.17, 15) is 10.1 Å². The monoisotopic (exact) mass is 261 g/mol. The highest BCUT2D eigenvalue weighted by Crippen LogP contribution is 2.42. The van der Waals surface area contributed by atoms with E-state index < -0.39 is 5.91 Å². The molecule has 4 N–H and O–H groups in total. The van der Waals surface area contributed by atoms with Crippen LogP contribution in [0.15, 0.2) is 22.8 Å². The van der Waals surface area contributed by atoms with Crippen LogP contribution in [-0.2, 0) is 9.53 Å². The van der Waals surface area contributed by atoms with Crippen LogP contribution in [0.1, 0.15) is 39.0 Å². The Morgan fingerprint density at radius 2 is 2.00 bits per heavy atom. The van der Waals surface area contributed by atoms with Gasteiger partial charge < -0.3 is 16.2 Å². The van der Waals surface area contributed by atoms with Gasteiger partial charge in [-0.15, -0.1) is 0 Å². The molecule has 0 radical (unpaired) electrons. The highest BCUT2D eigenvalue weighted by atomic mass is 16.5. The molecule has 2 rings (SSSR count). The second kappa shape index (κ2) is 5.35. The first-order chi connectivity index (χ1) is 9.06. The minimum absolute atomic E-state index is 0.112. The van der Waals surface area contributed by atoms with Gasteiger partial charge in [0.05, 0.1) is 11.1 Å². The number of carbonyl (C=O) groups is 1. The Kier molecular flexibility index (Phi) is 3.79. The molecule has 1 fully saturated rings. The molecular formula is C14H19N3O2. The van der Waals surface area contributed by atoms with Crippen LogP contribution in [-0.4, -0.2) is 5.91 Å². The van der Waals surface area contributed by atoms with Gasteiger partial charge in [-0.2, -0.15) is 5.26 Å². The molecule has 102 valence electrons. The van der Waals surface area contributed by atoms with E-state index in [-0.39, 0.29) is 17.7 Å². The molecule has 0 aromatic heterocycles. The number of allylic oxidation sites excluding steroid dienone is 2. The summed E-state index contributed by atoms with van der Waals surface area (Å²) >= 11 is 0. The number of nitriles is 1. The first-order valence-corrected chi connectivity index (χ1v) is 6.64. The van der Waals surface area contributed by atoms with E-state index in [0.717, 1.165) is 25.7 Å². The van der Waals surface area contributed by atoms with Gasteiger partial charge in [0.2, 0.25) is 11.8 Å². The molecule has 1 aliphatic carbocycles. The van der Waals surface area contributed by atoms with Gasteiger partial charge in [0.25, 0.3) is 0 Å². The Bertz CT molecular complexity index is 493. The van der Waals surface area contributed by atoms with E-state index >= 15 is 0 Å². The van der Waals surface area contributed by atoms with Gasteiger partial charge in [0, 0.05) is 5.92 Å². The van der Waals surface area contributed by atoms with E-state index in [0.29, 0.717) is 16.9 Å². The van der Waals surface area contributed by atoms with Crippen molar-refractivity contribution in [1.82, 2.24) is 0 Å². The van der Waals surface area contributed by atoms with Crippen LogP contribution in [0, 0.1) is 23.2 Å². The summed E-state index contributed by atoms with van der Waals surface area (Å²) in [6, 6.07) is 2.09. The minimum Gasteiger partial charge on any atom is -0.445 e. The molecule has 5 nitrogen and oxygen atoms in total. The van der Waals surface area contributed by atoms with Crippen LogP contribution in [0.2, 0.25) is 0 Å². The predicted molar refractivity (Wildman–Crippen MR) is 69.9 cm³/mol. The summed E-state index contributed by atoms with van der Waals surface area (Å²) in [6.45, 7) is 1.68. The van der Waals surface area contributed by atoms with Crippen molar-refractivity contribution < 1.29 is 9.53 Å². The SMILES string of the molecule is CC1=C(C(N)=O)[C@@H](C2CCCCC2)C(C#N)=C(N)O1. The van der Waals surface area contributed by atoms with Crippen molar-refractivity contribution in [3.8, 4) is 6.07 Å². The zero-order valence-electron chi connectivity index (χ0n) is 11.1. The minimum atomic E-state index is -0.520. The van der Waals surface area contributed by atoms with Gasteiger partial charge >= 0.3 is 0 Å². The molecule has 0 aromatic carbocycles. The molecule has 0 spiro atoms. The number of hydrogen-bond acceptors (Lipinski definition) is 4. The zero-order valence-corrected chi connectivity index (χ0v) is 11.1. The van der Waals surface area contributed by atoms with Crippen molar-refractivity contribution in [3.05, 3.63) is 22.8 Å². The quantitative estimate of drug-likeness (QED) is 0.789. The van der Waals surface area contributed by atoms with E-state index in [2.05, 4.69) is 6.07 Å². The average molecular weight is 261 g/mol. The summed E-state index contributed by atoms with van der Waals surface area (Å²) in [4.78, 5) is 11.7. The Balaban J connectivity index is 2.44. The molecule has 2 aliphatic rings. The number of amides is 1. The van der Waals surface area contributed by atoms with Crippen LogP contribution in [0.4, 0.5) is 0 Å². The zero-order chi connectivity index (χ0) is 14.0. The van der Waals surface area contributed by atoms with Crippen molar-refractivity contribution in [2.45, 2.75) is 39.0 Å². The van der Waals surface area contributed by atoms with Crippen LogP contribution in [0.5, 0.6) is 0 Å². The molecule has 19 heavy (non-hydrogen) atoms. The fraction of sp³-hybridized carbons (Fsp3) is 0.571. The standard InChI is InChI=1S/C14H19N3O2/c1-8-11(13(16)18)12(9-5-3-2-4-6-9)10(7-15)14(17)19-8/h9,12H,2-6,17H2,1H3,(H2,16,18)/t12-/m0/s1. The fourth-order valence-electron chi connectivity index (χ4n) is 3.18. The van der Waals surface area contributed by atoms with E-state index in [1.165, 1.54) is 6.42 Å². The predicted octanol–water partition coefficient (Wildman–Crippen LogP) is 1.67. The number of nitrogens with zero attached hydrogens (tertiary/aromatic N) is 1. The summed E-state index contributed by atoms with van der Waals surface area (Å²) in [7, 11) is 0. The first kappa shape index (κ1) is 13.5. The molecule has 1 heterocycles. The highest BCUT2D eigenvalue weighted by molar-refractivity contribution is 5.94. The van der Waals surface area contributed by atoms with Crippen molar-refractivity contribution >= 4 is 5.91 Å². The maximum Gasteiger partial charge on any atom is 0.248 e. The molecular weight excluding hydrogens is 242 g/mol. The van der Waals surface area contributed by atoms with Gasteiger partial charge in [-0.25, -0.2) is 0 Å². The second-order valence-corrected chi connectivity index (χ2v) is 5.20. The Morgan fingerprint density at radius 1 is 1.37 bits per heavy atom. The third-order valence-corrected chi connectivity index (χ3v) is 4.04. The third kappa shape index (κ3) is 2.43. The number of carbonyl (C=O) groups excluding carboxylic acids is 1. The van der Waals surface area contributed by atoms with Crippen molar-refractivity contribution in [3.63, 3.8) is 0 Å². The van der Waals surface area contributed by atoms with Crippen molar-refractivity contribution in [1.29, 1.82) is 5.26 Å². The molecule has 0 unspecified atom stereocenters. The summed E-state index contributed by atoms with van der Waals surface area (Å²) in [5.74, 6) is -0.0201. The number of primary amides is 1. The Labute approximate surface area is 112 Å². The van der Waals surface area contributed by atoms with E-state index in [1.54, 1.807) is 6.92 Å². The lowest BCUT2D eigenvalue weighted by Gasteiger charge is -2.34. The Morgan fingerprint density at radius 3 is 2.53 bits per heavy atom. The van der Waals surface area contributed by atoms with Crippen LogP contribution in [0.25, 0.3) is 0 Å². The topological polar surface area (TPSA) is 102 Å². The molecule has 0 saturated heterocycles. The maximum absolute atomic E-state index is 11.7. The largest absolute Gasteiger partial charge is 0.445 e. The number of hydrogen-bond donors (Lipinski definition) is 2. The number of rotatable bonds is 2. The lowest BCUT2D eigenvalue weighted by molar-refractivity contribution is -0.115. The smallest absolute Gasteiger partial charge is 0.248 e. The lowest BCUT2D eigenvalue weighted by Crippen LogP contribution is -2.34. The third-order valence-electron chi connectivity index (χ3n) is 4.04. The summed E-state index contributed by atoms with van der Waals surface area (Å²) in [6.07, 6.45) is 5.42. The molecule has 0 bridgehead atoms. The molecule has 1 atom stereocenters. The van der Waals surface area contributed by atoms with Crippen LogP contribution >= 0.6 is 0 Å². The van der Waals surface area contributed by atoms with Crippen molar-refractivity contribution in [2.24, 2.45) is 23.3 Å². The van der Waals surface area contributed by atoms with Gasteiger partial charge in [0.15, 0.2) is 0 Å². The van der Waals surface area contributed by atoms with E-state index in [1.807, 2.05) is 0 Å². The first-order valence-electron chi connectivity index (χ1n) is 6.64. The maximum atomic E-state index is 11.7. The van der Waals surface area contributed by atoms with Gasteiger partial charge in [-0.1, -0.05) is 19.3 Å². The Hall–Kier alpha value is -1.96. The fourth-order valence-corrected chi connectivity index (χ4v) is 3.18. The van der Waals surface area contributed by atoms with Crippen LogP contribution < -0.4 is 11.5 Å². The van der Waals surface area contributed by atoms with Crippen LogP contribution in [0.3, 0.4) is 0 Å². The second-order valence-electron chi connectivity index (χ2n) is 5.20. The number of ether oxygens (including phenoxy) is 1. The summed E-state index contributed by atoms with van der Waals surface area (Å²) in [5.41, 5.74) is 12.0. The molecule has 1 aliphatic heterocycles. The molecule has 0 aromatic rings. The molecule has 1 saturated carbocycles. The van der Waals surface area contributed by atoms with E-state index in [4.69, 9.17) is 16.2 Å². The summed E-state index contributed by atoms with van der Waals surface area (Å²) in [5, 5.41) is 9.31. The van der Waals surface area contributed by atoms with Gasteiger partial charge in [-0.3, -0.25) is 4.79 Å². The van der Waals surface area contributed by atoms with Crippen molar-refractivity contribution in [2.75, 3.05) is 0 Å². The molecule has 1 amide bonds. The van der Waals surface area contributed by atoms with Gasteiger partial charge in [-0.05, 0) is 25.7 Å².